The number of nitrogens with zero attached hydrogens (tertiary/aromatic N) is 2. The van der Waals surface area contributed by atoms with Crippen molar-refractivity contribution in [1.29, 1.82) is 0 Å². The highest BCUT2D eigenvalue weighted by molar-refractivity contribution is 5.83. The van der Waals surface area contributed by atoms with Crippen LogP contribution in [0.1, 0.15) is 5.56 Å². The Hall–Kier alpha value is -2.62. The Kier molecular flexibility index (Phi) is 2.76. The molecule has 0 amide bonds. The summed E-state index contributed by atoms with van der Waals surface area (Å²) in [6.45, 7) is 0.456. The fraction of sp³-hybridized carbons (Fsp3) is 0.0667. The third-order valence-electron chi connectivity index (χ3n) is 3.14. The van der Waals surface area contributed by atoms with E-state index in [0.717, 1.165) is 10.9 Å². The van der Waals surface area contributed by atoms with Gasteiger partial charge in [0.1, 0.15) is 5.82 Å². The zero-order valence-electron chi connectivity index (χ0n) is 10.3. The van der Waals surface area contributed by atoms with E-state index >= 15 is 0 Å². The van der Waals surface area contributed by atoms with Crippen LogP contribution >= 0.6 is 0 Å². The molecule has 3 aromatic rings. The van der Waals surface area contributed by atoms with Gasteiger partial charge in [0, 0.05) is 17.8 Å². The van der Waals surface area contributed by atoms with E-state index in [1.165, 1.54) is 0 Å². The molecule has 0 bridgehead atoms. The normalized spacial score (nSPS) is 10.7. The summed E-state index contributed by atoms with van der Waals surface area (Å²) in [7, 11) is 0. The molecule has 4 heteroatoms. The standard InChI is InChI=1S/C15H13N3O/c16-14-9-12-3-1-2-4-13(12)15(19)18(14)10-11-5-7-17-8-6-11/h1-9H,10,16H2. The average molecular weight is 251 g/mol. The fourth-order valence-electron chi connectivity index (χ4n) is 2.15. The van der Waals surface area contributed by atoms with E-state index in [1.807, 2.05) is 42.5 Å². The molecule has 0 fully saturated rings. The first kappa shape index (κ1) is 11.5. The van der Waals surface area contributed by atoms with Gasteiger partial charge in [0.15, 0.2) is 0 Å². The molecular weight excluding hydrogens is 238 g/mol. The molecule has 0 aliphatic heterocycles. The van der Waals surface area contributed by atoms with E-state index in [4.69, 9.17) is 5.73 Å². The van der Waals surface area contributed by atoms with Crippen LogP contribution < -0.4 is 11.3 Å². The summed E-state index contributed by atoms with van der Waals surface area (Å²) < 4.78 is 1.58. The molecule has 19 heavy (non-hydrogen) atoms. The van der Waals surface area contributed by atoms with Crippen molar-refractivity contribution < 1.29 is 0 Å². The van der Waals surface area contributed by atoms with Gasteiger partial charge in [-0.1, -0.05) is 18.2 Å². The lowest BCUT2D eigenvalue weighted by Crippen LogP contribution is -2.23. The molecule has 2 heterocycles. The van der Waals surface area contributed by atoms with Crippen molar-refractivity contribution in [3.8, 4) is 0 Å². The molecule has 3 rings (SSSR count). The van der Waals surface area contributed by atoms with Gasteiger partial charge in [-0.3, -0.25) is 14.3 Å². The summed E-state index contributed by atoms with van der Waals surface area (Å²) in [6, 6.07) is 13.1. The third kappa shape index (κ3) is 2.08. The highest BCUT2D eigenvalue weighted by Crippen LogP contribution is 2.14. The molecule has 0 saturated carbocycles. The number of nitrogen functional groups attached to an aromatic ring is 1. The maximum absolute atomic E-state index is 12.4. The maximum Gasteiger partial charge on any atom is 0.260 e. The summed E-state index contributed by atoms with van der Waals surface area (Å²) in [4.78, 5) is 16.4. The molecule has 1 aromatic carbocycles. The van der Waals surface area contributed by atoms with Gasteiger partial charge in [-0.25, -0.2) is 0 Å². The van der Waals surface area contributed by atoms with Crippen LogP contribution in [-0.2, 0) is 6.54 Å². The summed E-state index contributed by atoms with van der Waals surface area (Å²) in [6.07, 6.45) is 3.41. The van der Waals surface area contributed by atoms with Crippen molar-refractivity contribution in [2.45, 2.75) is 6.54 Å². The molecule has 0 unspecified atom stereocenters. The highest BCUT2D eigenvalue weighted by atomic mass is 16.1. The number of hydrogen-bond donors (Lipinski definition) is 1. The second-order valence-corrected chi connectivity index (χ2v) is 4.40. The minimum absolute atomic E-state index is 0.0626. The van der Waals surface area contributed by atoms with E-state index < -0.39 is 0 Å². The lowest BCUT2D eigenvalue weighted by Gasteiger charge is -2.11. The molecule has 0 atom stereocenters. The van der Waals surface area contributed by atoms with Crippen molar-refractivity contribution >= 4 is 16.6 Å². The summed E-state index contributed by atoms with van der Waals surface area (Å²) in [5, 5.41) is 1.56. The van der Waals surface area contributed by atoms with Gasteiger partial charge >= 0.3 is 0 Å². The molecule has 0 aliphatic carbocycles. The number of anilines is 1. The molecule has 94 valence electrons. The van der Waals surface area contributed by atoms with Crippen molar-refractivity contribution in [2.75, 3.05) is 5.73 Å². The molecule has 0 saturated heterocycles. The van der Waals surface area contributed by atoms with Gasteiger partial charge in [0.2, 0.25) is 0 Å². The first-order valence-corrected chi connectivity index (χ1v) is 6.02. The summed E-state index contributed by atoms with van der Waals surface area (Å²) >= 11 is 0. The number of benzene rings is 1. The Balaban J connectivity index is 2.16. The molecule has 0 spiro atoms. The van der Waals surface area contributed by atoms with Crippen molar-refractivity contribution in [3.05, 3.63) is 70.8 Å². The minimum atomic E-state index is -0.0626. The third-order valence-corrected chi connectivity index (χ3v) is 3.14. The predicted molar refractivity (Wildman–Crippen MR) is 76.0 cm³/mol. The summed E-state index contributed by atoms with van der Waals surface area (Å²) in [5.74, 6) is 0.473. The lowest BCUT2D eigenvalue weighted by molar-refractivity contribution is 0.779. The second kappa shape index (κ2) is 4.57. The molecule has 0 aliphatic rings. The van der Waals surface area contributed by atoms with Crippen molar-refractivity contribution in [2.24, 2.45) is 0 Å². The smallest absolute Gasteiger partial charge is 0.260 e. The number of rotatable bonds is 2. The first-order valence-electron chi connectivity index (χ1n) is 6.02. The first-order chi connectivity index (χ1) is 9.25. The monoisotopic (exact) mass is 251 g/mol. The number of hydrogen-bond acceptors (Lipinski definition) is 3. The number of nitrogens with two attached hydrogens (primary N) is 1. The zero-order chi connectivity index (χ0) is 13.2. The maximum atomic E-state index is 12.4. The van der Waals surface area contributed by atoms with Crippen LogP contribution in [0.25, 0.3) is 10.8 Å². The Bertz CT molecular complexity index is 778. The molecule has 4 nitrogen and oxygen atoms in total. The van der Waals surface area contributed by atoms with Gasteiger partial charge in [0.25, 0.3) is 5.56 Å². The molecule has 0 radical (unpaired) electrons. The van der Waals surface area contributed by atoms with Crippen LogP contribution in [0.3, 0.4) is 0 Å². The van der Waals surface area contributed by atoms with Crippen molar-refractivity contribution in [3.63, 3.8) is 0 Å². The van der Waals surface area contributed by atoms with Crippen LogP contribution in [0.15, 0.2) is 59.7 Å². The lowest BCUT2D eigenvalue weighted by atomic mass is 10.1. The van der Waals surface area contributed by atoms with Gasteiger partial charge in [-0.2, -0.15) is 0 Å². The van der Waals surface area contributed by atoms with Crippen LogP contribution in [0.5, 0.6) is 0 Å². The van der Waals surface area contributed by atoms with E-state index in [1.54, 1.807) is 17.0 Å². The van der Waals surface area contributed by atoms with Crippen LogP contribution in [0.4, 0.5) is 5.82 Å². The molecule has 2 N–H and O–H groups in total. The number of pyridine rings is 2. The fourth-order valence-corrected chi connectivity index (χ4v) is 2.15. The summed E-state index contributed by atoms with van der Waals surface area (Å²) in [5.41, 5.74) is 6.92. The van der Waals surface area contributed by atoms with Crippen LogP contribution in [0, 0.1) is 0 Å². The Morgan fingerprint density at radius 2 is 1.84 bits per heavy atom. The highest BCUT2D eigenvalue weighted by Gasteiger charge is 2.07. The molecule has 2 aromatic heterocycles. The van der Waals surface area contributed by atoms with E-state index in [2.05, 4.69) is 4.98 Å². The quantitative estimate of drug-likeness (QED) is 0.758. The largest absolute Gasteiger partial charge is 0.385 e. The van der Waals surface area contributed by atoms with E-state index in [9.17, 15) is 4.79 Å². The van der Waals surface area contributed by atoms with Crippen LogP contribution in [-0.4, -0.2) is 9.55 Å². The topological polar surface area (TPSA) is 60.9 Å². The SMILES string of the molecule is Nc1cc2ccccc2c(=O)n1Cc1ccncc1. The van der Waals surface area contributed by atoms with E-state index in [-0.39, 0.29) is 5.56 Å². The second-order valence-electron chi connectivity index (χ2n) is 4.40. The zero-order valence-corrected chi connectivity index (χ0v) is 10.3. The van der Waals surface area contributed by atoms with Crippen molar-refractivity contribution in [1.82, 2.24) is 9.55 Å². The van der Waals surface area contributed by atoms with E-state index in [0.29, 0.717) is 17.7 Å². The minimum Gasteiger partial charge on any atom is -0.385 e. The Labute approximate surface area is 110 Å². The Morgan fingerprint density at radius 1 is 1.11 bits per heavy atom. The van der Waals surface area contributed by atoms with Gasteiger partial charge < -0.3 is 5.73 Å². The van der Waals surface area contributed by atoms with Gasteiger partial charge in [-0.15, -0.1) is 0 Å². The van der Waals surface area contributed by atoms with Gasteiger partial charge in [-0.05, 0) is 35.2 Å². The number of fused-ring (bicyclic) bond motifs is 1. The predicted octanol–water partition coefficient (Wildman–Crippen LogP) is 2.03. The van der Waals surface area contributed by atoms with Gasteiger partial charge in [0.05, 0.1) is 6.54 Å². The molecular formula is C15H13N3O. The Morgan fingerprint density at radius 3 is 2.63 bits per heavy atom. The number of aromatic nitrogens is 2. The average Bonchev–Trinajstić information content (AvgIpc) is 2.45. The van der Waals surface area contributed by atoms with Crippen LogP contribution in [0.2, 0.25) is 0 Å².